The van der Waals surface area contributed by atoms with Crippen molar-refractivity contribution in [3.05, 3.63) is 66.2 Å². The lowest BCUT2D eigenvalue weighted by molar-refractivity contribution is 0.172. The van der Waals surface area contributed by atoms with Gasteiger partial charge in [0.05, 0.1) is 29.5 Å². The topological polar surface area (TPSA) is 113 Å². The molecule has 3 aromatic carbocycles. The Kier molecular flexibility index (Phi) is 7.55. The van der Waals surface area contributed by atoms with Gasteiger partial charge in [0.1, 0.15) is 18.1 Å². The maximum atomic E-state index is 11.4. The van der Waals surface area contributed by atoms with Crippen LogP contribution in [-0.4, -0.2) is 50.6 Å². The molecule has 37 heavy (non-hydrogen) atoms. The quantitative estimate of drug-likeness (QED) is 0.212. The van der Waals surface area contributed by atoms with Gasteiger partial charge in [0.25, 0.3) is 0 Å². The van der Waals surface area contributed by atoms with Gasteiger partial charge < -0.3 is 24.9 Å². The van der Waals surface area contributed by atoms with E-state index in [1.165, 1.54) is 12.8 Å². The highest BCUT2D eigenvalue weighted by Crippen LogP contribution is 2.32. The monoisotopic (exact) mass is 523 g/mol. The Labute approximate surface area is 217 Å². The summed E-state index contributed by atoms with van der Waals surface area (Å²) in [5.74, 6) is 1.68. The van der Waals surface area contributed by atoms with E-state index < -0.39 is 16.1 Å². The summed E-state index contributed by atoms with van der Waals surface area (Å²) in [4.78, 5) is 3.49. The number of H-pyrrole nitrogens is 1. The first-order valence-electron chi connectivity index (χ1n) is 12.7. The number of benzene rings is 3. The number of anilines is 1. The molecular formula is C28H33N3O5S. The van der Waals surface area contributed by atoms with Crippen LogP contribution in [-0.2, 0) is 10.0 Å². The number of hydrogen-bond acceptors (Lipinski definition) is 6. The van der Waals surface area contributed by atoms with E-state index in [9.17, 15) is 13.5 Å². The molecule has 196 valence electrons. The highest BCUT2D eigenvalue weighted by molar-refractivity contribution is 7.92. The molecule has 1 aliphatic rings. The lowest BCUT2D eigenvalue weighted by atomic mass is 10.1. The Hall–Kier alpha value is -3.27. The van der Waals surface area contributed by atoms with Gasteiger partial charge in [0, 0.05) is 41.7 Å². The van der Waals surface area contributed by atoms with Crippen molar-refractivity contribution in [3.63, 3.8) is 0 Å². The van der Waals surface area contributed by atoms with Crippen LogP contribution < -0.4 is 19.5 Å². The summed E-state index contributed by atoms with van der Waals surface area (Å²) < 4.78 is 37.3. The van der Waals surface area contributed by atoms with E-state index in [-0.39, 0.29) is 0 Å². The Morgan fingerprint density at radius 2 is 1.70 bits per heavy atom. The lowest BCUT2D eigenvalue weighted by Gasteiger charge is -2.14. The van der Waals surface area contributed by atoms with Crippen molar-refractivity contribution in [3.8, 4) is 11.5 Å². The Morgan fingerprint density at radius 1 is 1.00 bits per heavy atom. The van der Waals surface area contributed by atoms with Gasteiger partial charge in [-0.2, -0.15) is 0 Å². The van der Waals surface area contributed by atoms with Crippen LogP contribution in [0.1, 0.15) is 37.4 Å². The molecule has 4 aromatic rings. The SMILES string of the molecule is CS(=O)(=O)Nc1cccc(C(O)CNCCOc2ccc3c(c2)[nH]c2cc(OC4CCCC4)ccc23)c1. The fourth-order valence-corrected chi connectivity index (χ4v) is 5.41. The van der Waals surface area contributed by atoms with Crippen molar-refractivity contribution in [1.82, 2.24) is 10.3 Å². The molecule has 8 nitrogen and oxygen atoms in total. The van der Waals surface area contributed by atoms with Gasteiger partial charge in [-0.1, -0.05) is 12.1 Å². The van der Waals surface area contributed by atoms with Crippen LogP contribution >= 0.6 is 0 Å². The van der Waals surface area contributed by atoms with Gasteiger partial charge in [-0.25, -0.2) is 8.42 Å². The first-order chi connectivity index (χ1) is 17.8. The Balaban J connectivity index is 1.13. The molecule has 1 fully saturated rings. The van der Waals surface area contributed by atoms with Crippen LogP contribution in [0.25, 0.3) is 21.8 Å². The van der Waals surface area contributed by atoms with Crippen LogP contribution in [0.15, 0.2) is 60.7 Å². The summed E-state index contributed by atoms with van der Waals surface area (Å²) in [6.07, 6.45) is 5.42. The van der Waals surface area contributed by atoms with E-state index in [0.29, 0.717) is 37.1 Å². The molecule has 0 amide bonds. The summed E-state index contributed by atoms with van der Waals surface area (Å²) in [6, 6.07) is 19.0. The minimum atomic E-state index is -3.37. The predicted octanol–water partition coefficient (Wildman–Crippen LogP) is 4.72. The van der Waals surface area contributed by atoms with Crippen LogP contribution in [0.3, 0.4) is 0 Å². The number of aromatic amines is 1. The van der Waals surface area contributed by atoms with E-state index >= 15 is 0 Å². The van der Waals surface area contributed by atoms with Crippen LogP contribution in [0.2, 0.25) is 0 Å². The summed E-state index contributed by atoms with van der Waals surface area (Å²) in [5, 5.41) is 15.9. The second-order valence-corrected chi connectivity index (χ2v) is 11.4. The fraction of sp³-hybridized carbons (Fsp3) is 0.357. The minimum Gasteiger partial charge on any atom is -0.492 e. The summed E-state index contributed by atoms with van der Waals surface area (Å²) in [6.45, 7) is 1.30. The maximum absolute atomic E-state index is 11.4. The van der Waals surface area contributed by atoms with E-state index in [1.807, 2.05) is 12.1 Å². The molecule has 0 aliphatic heterocycles. The zero-order valence-electron chi connectivity index (χ0n) is 20.9. The Bertz CT molecular complexity index is 1480. The van der Waals surface area contributed by atoms with Crippen molar-refractivity contribution in [1.29, 1.82) is 0 Å². The summed E-state index contributed by atoms with van der Waals surface area (Å²) in [5.41, 5.74) is 3.11. The third-order valence-corrected chi connectivity index (χ3v) is 7.21. The van der Waals surface area contributed by atoms with Crippen molar-refractivity contribution in [2.45, 2.75) is 37.9 Å². The molecule has 1 aliphatic carbocycles. The zero-order chi connectivity index (χ0) is 25.8. The maximum Gasteiger partial charge on any atom is 0.229 e. The first kappa shape index (κ1) is 25.4. The van der Waals surface area contributed by atoms with E-state index in [0.717, 1.165) is 52.4 Å². The normalized spacial score (nSPS) is 15.3. The highest BCUT2D eigenvalue weighted by atomic mass is 32.2. The minimum absolute atomic E-state index is 0.317. The number of ether oxygens (including phenoxy) is 2. The number of hydrogen-bond donors (Lipinski definition) is 4. The zero-order valence-corrected chi connectivity index (χ0v) is 21.7. The number of aliphatic hydroxyl groups excluding tert-OH is 1. The molecule has 9 heteroatoms. The van der Waals surface area contributed by atoms with E-state index in [1.54, 1.807) is 24.3 Å². The third-order valence-electron chi connectivity index (χ3n) is 6.61. The van der Waals surface area contributed by atoms with Gasteiger partial charge in [0.15, 0.2) is 0 Å². The number of rotatable bonds is 11. The number of sulfonamides is 1. The molecule has 0 saturated heterocycles. The van der Waals surface area contributed by atoms with Crippen LogP contribution in [0, 0.1) is 0 Å². The number of fused-ring (bicyclic) bond motifs is 3. The van der Waals surface area contributed by atoms with Gasteiger partial charge in [0.2, 0.25) is 10.0 Å². The van der Waals surface area contributed by atoms with Crippen LogP contribution in [0.4, 0.5) is 5.69 Å². The van der Waals surface area contributed by atoms with Crippen molar-refractivity contribution >= 4 is 37.5 Å². The first-order valence-corrected chi connectivity index (χ1v) is 14.5. The molecule has 0 radical (unpaired) electrons. The molecule has 0 spiro atoms. The molecule has 0 bridgehead atoms. The predicted molar refractivity (Wildman–Crippen MR) is 147 cm³/mol. The van der Waals surface area contributed by atoms with Crippen molar-refractivity contribution < 1.29 is 23.0 Å². The molecule has 4 N–H and O–H groups in total. The second kappa shape index (κ2) is 11.0. The standard InChI is InChI=1S/C28H33N3O5S/c1-37(33,34)31-20-6-4-5-19(15-20)28(32)18-29-13-14-35-22-9-11-24-25-12-10-23(36-21-7-2-3-8-21)17-27(25)30-26(24)16-22/h4-6,9-12,15-17,21,28-32H,2-3,7-8,13-14,18H2,1H3. The smallest absolute Gasteiger partial charge is 0.229 e. The lowest BCUT2D eigenvalue weighted by Crippen LogP contribution is -2.26. The average molecular weight is 524 g/mol. The van der Waals surface area contributed by atoms with Gasteiger partial charge in [-0.15, -0.1) is 0 Å². The molecule has 5 rings (SSSR count). The molecule has 1 unspecified atom stereocenters. The van der Waals surface area contributed by atoms with Crippen molar-refractivity contribution in [2.75, 3.05) is 30.7 Å². The fourth-order valence-electron chi connectivity index (χ4n) is 4.85. The number of aromatic nitrogens is 1. The summed E-state index contributed by atoms with van der Waals surface area (Å²) >= 11 is 0. The third kappa shape index (κ3) is 6.54. The molecule has 1 atom stereocenters. The van der Waals surface area contributed by atoms with Gasteiger partial charge in [-0.3, -0.25) is 4.72 Å². The molecular weight excluding hydrogens is 490 g/mol. The van der Waals surface area contributed by atoms with Crippen molar-refractivity contribution in [2.24, 2.45) is 0 Å². The number of aliphatic hydroxyl groups is 1. The highest BCUT2D eigenvalue weighted by Gasteiger charge is 2.17. The summed E-state index contributed by atoms with van der Waals surface area (Å²) in [7, 11) is -3.37. The van der Waals surface area contributed by atoms with Gasteiger partial charge in [-0.05, 0) is 67.6 Å². The second-order valence-electron chi connectivity index (χ2n) is 9.63. The average Bonchev–Trinajstić information content (AvgIpc) is 3.49. The number of nitrogens with one attached hydrogen (secondary N) is 3. The van der Waals surface area contributed by atoms with E-state index in [4.69, 9.17) is 9.47 Å². The largest absolute Gasteiger partial charge is 0.492 e. The Morgan fingerprint density at radius 3 is 2.43 bits per heavy atom. The molecule has 1 heterocycles. The molecule has 1 aromatic heterocycles. The van der Waals surface area contributed by atoms with E-state index in [2.05, 4.69) is 39.3 Å². The van der Waals surface area contributed by atoms with Gasteiger partial charge >= 0.3 is 0 Å². The molecule has 1 saturated carbocycles. The van der Waals surface area contributed by atoms with Crippen LogP contribution in [0.5, 0.6) is 11.5 Å².